The minimum absolute atomic E-state index is 0.375. The molecule has 1 aliphatic heterocycles. The van der Waals surface area contributed by atoms with Crippen molar-refractivity contribution in [3.05, 3.63) is 120 Å². The van der Waals surface area contributed by atoms with Gasteiger partial charge >= 0.3 is 5.97 Å². The maximum atomic E-state index is 12.3. The molecule has 150 valence electrons. The summed E-state index contributed by atoms with van der Waals surface area (Å²) in [5, 5.41) is 0. The van der Waals surface area contributed by atoms with E-state index >= 15 is 0 Å². The van der Waals surface area contributed by atoms with Gasteiger partial charge in [-0.3, -0.25) is 0 Å². The molecule has 4 heteroatoms. The van der Waals surface area contributed by atoms with E-state index in [0.717, 1.165) is 22.6 Å². The van der Waals surface area contributed by atoms with Gasteiger partial charge in [0.05, 0.1) is 19.8 Å². The molecule has 1 heterocycles. The van der Waals surface area contributed by atoms with Crippen LogP contribution in [0.1, 0.15) is 11.1 Å². The topological polar surface area (TPSA) is 38.8 Å². The Hall–Kier alpha value is -3.79. The summed E-state index contributed by atoms with van der Waals surface area (Å²) in [4.78, 5) is 14.5. The van der Waals surface area contributed by atoms with E-state index in [4.69, 9.17) is 9.47 Å². The number of rotatable bonds is 5. The highest BCUT2D eigenvalue weighted by atomic mass is 16.5. The summed E-state index contributed by atoms with van der Waals surface area (Å²) >= 11 is 0. The molecule has 1 aliphatic rings. The summed E-state index contributed by atoms with van der Waals surface area (Å²) < 4.78 is 10.3. The number of anilines is 1. The molecular weight excluding hydrogens is 374 g/mol. The Morgan fingerprint density at radius 3 is 1.87 bits per heavy atom. The van der Waals surface area contributed by atoms with Crippen LogP contribution in [-0.4, -0.2) is 20.2 Å². The van der Waals surface area contributed by atoms with Crippen LogP contribution >= 0.6 is 0 Å². The number of ether oxygens (including phenoxy) is 2. The van der Waals surface area contributed by atoms with Crippen molar-refractivity contribution in [2.45, 2.75) is 5.54 Å². The third kappa shape index (κ3) is 3.37. The molecule has 0 N–H and O–H groups in total. The van der Waals surface area contributed by atoms with Gasteiger partial charge in [0.1, 0.15) is 11.3 Å². The quantitative estimate of drug-likeness (QED) is 0.564. The van der Waals surface area contributed by atoms with E-state index in [1.165, 1.54) is 7.11 Å². The molecule has 0 fully saturated rings. The highest BCUT2D eigenvalue weighted by molar-refractivity contribution is 5.93. The second kappa shape index (κ2) is 8.29. The average molecular weight is 397 g/mol. The molecule has 0 aliphatic carbocycles. The van der Waals surface area contributed by atoms with Gasteiger partial charge in [0.2, 0.25) is 0 Å². The number of carbonyl (C=O) groups is 1. The zero-order valence-corrected chi connectivity index (χ0v) is 17.0. The van der Waals surface area contributed by atoms with Crippen molar-refractivity contribution in [2.24, 2.45) is 0 Å². The van der Waals surface area contributed by atoms with Crippen molar-refractivity contribution in [1.29, 1.82) is 0 Å². The summed E-state index contributed by atoms with van der Waals surface area (Å²) in [7, 11) is 3.04. The molecule has 0 amide bonds. The minimum atomic E-state index is -0.630. The molecule has 3 aromatic rings. The molecule has 0 atom stereocenters. The SMILES string of the molecule is COC(=O)C1=CN(c2ccc(OC)cc2)C(c2ccccc2)(c2ccccc2)C=C1. The van der Waals surface area contributed by atoms with Gasteiger partial charge in [-0.25, -0.2) is 4.79 Å². The predicted molar refractivity (Wildman–Crippen MR) is 118 cm³/mol. The van der Waals surface area contributed by atoms with Crippen LogP contribution in [0.25, 0.3) is 0 Å². The Balaban J connectivity index is 1.97. The normalized spacial score (nSPS) is 14.7. The lowest BCUT2D eigenvalue weighted by atomic mass is 9.78. The highest BCUT2D eigenvalue weighted by Crippen LogP contribution is 2.43. The van der Waals surface area contributed by atoms with Gasteiger partial charge < -0.3 is 14.4 Å². The van der Waals surface area contributed by atoms with Gasteiger partial charge in [-0.2, -0.15) is 0 Å². The van der Waals surface area contributed by atoms with Crippen LogP contribution in [0.2, 0.25) is 0 Å². The Morgan fingerprint density at radius 1 is 0.800 bits per heavy atom. The van der Waals surface area contributed by atoms with Crippen LogP contribution in [0.15, 0.2) is 109 Å². The number of esters is 1. The van der Waals surface area contributed by atoms with E-state index in [1.54, 1.807) is 7.11 Å². The molecule has 30 heavy (non-hydrogen) atoms. The van der Waals surface area contributed by atoms with E-state index < -0.39 is 5.54 Å². The van der Waals surface area contributed by atoms with E-state index in [-0.39, 0.29) is 5.97 Å². The number of nitrogens with zero attached hydrogens (tertiary/aromatic N) is 1. The lowest BCUT2D eigenvalue weighted by Gasteiger charge is -2.44. The van der Waals surface area contributed by atoms with Crippen molar-refractivity contribution in [1.82, 2.24) is 0 Å². The second-order valence-electron chi connectivity index (χ2n) is 6.98. The van der Waals surface area contributed by atoms with Gasteiger partial charge in [-0.15, -0.1) is 0 Å². The fourth-order valence-corrected chi connectivity index (χ4v) is 3.86. The summed E-state index contributed by atoms with van der Waals surface area (Å²) in [5.41, 5.74) is 2.95. The molecule has 3 aromatic carbocycles. The van der Waals surface area contributed by atoms with Crippen LogP contribution in [0.3, 0.4) is 0 Å². The summed E-state index contributed by atoms with van der Waals surface area (Å²) in [6.07, 6.45) is 5.76. The molecule has 0 saturated carbocycles. The minimum Gasteiger partial charge on any atom is -0.497 e. The van der Waals surface area contributed by atoms with Gasteiger partial charge in [0.15, 0.2) is 0 Å². The molecular formula is C26H23NO3. The monoisotopic (exact) mass is 397 g/mol. The van der Waals surface area contributed by atoms with Gasteiger partial charge in [-0.05, 0) is 47.5 Å². The van der Waals surface area contributed by atoms with Gasteiger partial charge in [0.25, 0.3) is 0 Å². The fraction of sp³-hybridized carbons (Fsp3) is 0.115. The van der Waals surface area contributed by atoms with E-state index in [2.05, 4.69) is 35.2 Å². The Kier molecular flexibility index (Phi) is 5.40. The van der Waals surface area contributed by atoms with Gasteiger partial charge in [-0.1, -0.05) is 60.7 Å². The Labute approximate surface area is 176 Å². The van der Waals surface area contributed by atoms with Crippen LogP contribution in [0.4, 0.5) is 5.69 Å². The highest BCUT2D eigenvalue weighted by Gasteiger charge is 2.40. The number of hydrogen-bond acceptors (Lipinski definition) is 4. The molecule has 4 nitrogen and oxygen atoms in total. The first kappa shape index (κ1) is 19.5. The molecule has 4 rings (SSSR count). The third-order valence-electron chi connectivity index (χ3n) is 5.35. The van der Waals surface area contributed by atoms with Crippen LogP contribution in [-0.2, 0) is 15.1 Å². The Morgan fingerprint density at radius 2 is 1.37 bits per heavy atom. The largest absolute Gasteiger partial charge is 0.497 e. The van der Waals surface area contributed by atoms with Crippen LogP contribution in [0.5, 0.6) is 5.75 Å². The maximum Gasteiger partial charge on any atom is 0.339 e. The third-order valence-corrected chi connectivity index (χ3v) is 5.35. The predicted octanol–water partition coefficient (Wildman–Crippen LogP) is 5.07. The van der Waals surface area contributed by atoms with Crippen molar-refractivity contribution in [3.8, 4) is 5.75 Å². The number of methoxy groups -OCH3 is 2. The van der Waals surface area contributed by atoms with E-state index in [9.17, 15) is 4.79 Å². The van der Waals surface area contributed by atoms with Gasteiger partial charge in [0, 0.05) is 11.9 Å². The molecule has 0 radical (unpaired) electrons. The lowest BCUT2D eigenvalue weighted by Crippen LogP contribution is -2.45. The first-order chi connectivity index (χ1) is 14.7. The van der Waals surface area contributed by atoms with Crippen molar-refractivity contribution in [2.75, 3.05) is 19.1 Å². The molecule has 0 bridgehead atoms. The summed E-state index contributed by atoms with van der Waals surface area (Å²) in [5.74, 6) is 0.396. The zero-order valence-electron chi connectivity index (χ0n) is 17.0. The zero-order chi connectivity index (χ0) is 21.0. The summed E-state index contributed by atoms with van der Waals surface area (Å²) in [6, 6.07) is 28.3. The van der Waals surface area contributed by atoms with Crippen LogP contribution < -0.4 is 9.64 Å². The second-order valence-corrected chi connectivity index (χ2v) is 6.98. The standard InChI is InChI=1S/C26H23NO3/c1-29-24-15-13-23(14-16-24)27-19-20(25(28)30-2)17-18-26(27,21-9-5-3-6-10-21)22-11-7-4-8-12-22/h3-19H,1-2H3. The maximum absolute atomic E-state index is 12.3. The molecule has 0 spiro atoms. The molecule has 0 aromatic heterocycles. The average Bonchev–Trinajstić information content (AvgIpc) is 2.84. The van der Waals surface area contributed by atoms with Crippen LogP contribution in [0, 0.1) is 0 Å². The Bertz CT molecular complexity index is 1030. The smallest absolute Gasteiger partial charge is 0.339 e. The first-order valence-electron chi connectivity index (χ1n) is 9.73. The lowest BCUT2D eigenvalue weighted by molar-refractivity contribution is -0.135. The molecule has 0 saturated heterocycles. The molecule has 0 unspecified atom stereocenters. The van der Waals surface area contributed by atoms with E-state index in [0.29, 0.717) is 5.57 Å². The van der Waals surface area contributed by atoms with Crippen molar-refractivity contribution in [3.63, 3.8) is 0 Å². The van der Waals surface area contributed by atoms with Crippen molar-refractivity contribution < 1.29 is 14.3 Å². The van der Waals surface area contributed by atoms with Crippen molar-refractivity contribution >= 4 is 11.7 Å². The number of hydrogen-bond donors (Lipinski definition) is 0. The summed E-state index contributed by atoms with van der Waals surface area (Å²) in [6.45, 7) is 0. The van der Waals surface area contributed by atoms with E-state index in [1.807, 2.05) is 72.9 Å². The number of carbonyl (C=O) groups excluding carboxylic acids is 1. The first-order valence-corrected chi connectivity index (χ1v) is 9.73. The fourth-order valence-electron chi connectivity index (χ4n) is 3.86. The number of benzene rings is 3.